The van der Waals surface area contributed by atoms with Crippen molar-refractivity contribution in [1.29, 1.82) is 0 Å². The van der Waals surface area contributed by atoms with Gasteiger partial charge in [0.1, 0.15) is 35.0 Å². The Hall–Kier alpha value is -3.35. The lowest BCUT2D eigenvalue weighted by molar-refractivity contribution is -0.139. The summed E-state index contributed by atoms with van der Waals surface area (Å²) in [4.78, 5) is 30.6. The SMILES string of the molecule is CC(C)N1C[C@H](C)N2C(=C(O)C3C(=O)N4Cc5ccc(F)cc5OCCCCCS(=O)(=O)N(C)C(=N4)C32)C1=O. The number of halogens is 1. The van der Waals surface area contributed by atoms with Crippen LogP contribution in [-0.4, -0.2) is 94.4 Å². The van der Waals surface area contributed by atoms with Crippen LogP contribution in [0.2, 0.25) is 0 Å². The molecule has 0 aromatic heterocycles. The van der Waals surface area contributed by atoms with Gasteiger partial charge in [-0.3, -0.25) is 13.9 Å². The van der Waals surface area contributed by atoms with Gasteiger partial charge >= 0.3 is 0 Å². The van der Waals surface area contributed by atoms with Crippen LogP contribution in [-0.2, 0) is 26.2 Å². The summed E-state index contributed by atoms with van der Waals surface area (Å²) in [6, 6.07) is 2.55. The standard InChI is InChI=1S/C26H34FN5O6S/c1-15(2)30-13-16(3)32-21-20(23(33)22(32)26(30)35)25(34)31-14-17-8-9-18(27)12-19(17)38-10-6-5-7-11-39(36,37)29(4)24(21)28-31/h8-9,12,15-16,20-21,33H,5-7,10-11,13-14H2,1-4H3/t16-,20?,21?/m0/s1. The number of amides is 2. The number of carbonyl (C=O) groups is 2. The highest BCUT2D eigenvalue weighted by molar-refractivity contribution is 7.89. The third-order valence-electron chi connectivity index (χ3n) is 7.83. The van der Waals surface area contributed by atoms with Crippen LogP contribution in [0, 0.1) is 11.7 Å². The number of amidine groups is 1. The molecular formula is C26H34FN5O6S. The van der Waals surface area contributed by atoms with E-state index in [0.29, 0.717) is 31.4 Å². The van der Waals surface area contributed by atoms with Crippen molar-refractivity contribution in [2.24, 2.45) is 11.0 Å². The molecule has 4 aliphatic heterocycles. The number of piperazine rings is 1. The van der Waals surface area contributed by atoms with E-state index in [4.69, 9.17) is 4.74 Å². The number of carbonyl (C=O) groups excluding carboxylic acids is 2. The van der Waals surface area contributed by atoms with Gasteiger partial charge in [-0.1, -0.05) is 6.07 Å². The number of hydrogen-bond acceptors (Lipinski definition) is 8. The molecule has 5 rings (SSSR count). The average Bonchev–Trinajstić information content (AvgIpc) is 3.19. The molecule has 212 valence electrons. The smallest absolute Gasteiger partial charge is 0.273 e. The molecule has 0 spiro atoms. The number of benzene rings is 1. The molecule has 11 nitrogen and oxygen atoms in total. The molecule has 4 heterocycles. The molecule has 0 aliphatic carbocycles. The van der Waals surface area contributed by atoms with Gasteiger partial charge in [-0.05, 0) is 46.1 Å². The fourth-order valence-corrected chi connectivity index (χ4v) is 7.01. The zero-order chi connectivity index (χ0) is 28.2. The fourth-order valence-electron chi connectivity index (χ4n) is 5.74. The van der Waals surface area contributed by atoms with E-state index in [1.165, 1.54) is 25.2 Å². The summed E-state index contributed by atoms with van der Waals surface area (Å²) in [7, 11) is -2.45. The first-order chi connectivity index (χ1) is 18.4. The van der Waals surface area contributed by atoms with Crippen molar-refractivity contribution in [3.05, 3.63) is 41.0 Å². The number of hydrazone groups is 1. The second kappa shape index (κ2) is 10.00. The molecule has 1 aromatic carbocycles. The minimum atomic E-state index is -3.84. The second-order valence-corrected chi connectivity index (χ2v) is 12.9. The first kappa shape index (κ1) is 27.2. The van der Waals surface area contributed by atoms with Crippen LogP contribution in [0.4, 0.5) is 4.39 Å². The molecular weight excluding hydrogens is 529 g/mol. The molecule has 4 aliphatic rings. The minimum Gasteiger partial charge on any atom is -0.509 e. The average molecular weight is 564 g/mol. The van der Waals surface area contributed by atoms with Gasteiger partial charge < -0.3 is 19.6 Å². The molecule has 0 radical (unpaired) electrons. The molecule has 13 heteroatoms. The van der Waals surface area contributed by atoms with Crippen LogP contribution in [0.3, 0.4) is 0 Å². The van der Waals surface area contributed by atoms with Crippen molar-refractivity contribution < 1.29 is 32.2 Å². The van der Waals surface area contributed by atoms with Gasteiger partial charge in [0.15, 0.2) is 5.84 Å². The minimum absolute atomic E-state index is 0.00475. The van der Waals surface area contributed by atoms with Crippen LogP contribution in [0.25, 0.3) is 0 Å². The van der Waals surface area contributed by atoms with Crippen molar-refractivity contribution in [2.75, 3.05) is 26.0 Å². The highest BCUT2D eigenvalue weighted by Crippen LogP contribution is 2.43. The Morgan fingerprint density at radius 3 is 2.64 bits per heavy atom. The van der Waals surface area contributed by atoms with E-state index in [9.17, 15) is 27.5 Å². The third kappa shape index (κ3) is 4.60. The van der Waals surface area contributed by atoms with Crippen LogP contribution in [0.1, 0.15) is 45.6 Å². The number of ether oxygens (including phenoxy) is 1. The summed E-state index contributed by atoms with van der Waals surface area (Å²) in [6.07, 6.45) is 1.52. The van der Waals surface area contributed by atoms with E-state index in [-0.39, 0.29) is 48.3 Å². The van der Waals surface area contributed by atoms with Gasteiger partial charge in [-0.25, -0.2) is 17.8 Å². The summed E-state index contributed by atoms with van der Waals surface area (Å²) in [5.74, 6) is -2.98. The Labute approximate surface area is 227 Å². The van der Waals surface area contributed by atoms with Crippen molar-refractivity contribution in [2.45, 2.75) is 64.7 Å². The number of nitrogens with zero attached hydrogens (tertiary/aromatic N) is 5. The molecule has 1 fully saturated rings. The van der Waals surface area contributed by atoms with Crippen molar-refractivity contribution in [3.8, 4) is 5.75 Å². The van der Waals surface area contributed by atoms with Gasteiger partial charge in [0.05, 0.1) is 18.9 Å². The Morgan fingerprint density at radius 2 is 1.92 bits per heavy atom. The molecule has 1 aromatic rings. The molecule has 1 saturated heterocycles. The van der Waals surface area contributed by atoms with Crippen molar-refractivity contribution >= 4 is 27.7 Å². The zero-order valence-corrected chi connectivity index (χ0v) is 23.3. The lowest BCUT2D eigenvalue weighted by atomic mass is 9.95. The lowest BCUT2D eigenvalue weighted by Crippen LogP contribution is -2.62. The van der Waals surface area contributed by atoms with Gasteiger partial charge in [0.2, 0.25) is 10.0 Å². The zero-order valence-electron chi connectivity index (χ0n) is 22.5. The number of fused-ring (bicyclic) bond motifs is 6. The van der Waals surface area contributed by atoms with Crippen LogP contribution >= 0.6 is 0 Å². The Morgan fingerprint density at radius 1 is 1.18 bits per heavy atom. The number of sulfonamides is 1. The van der Waals surface area contributed by atoms with Crippen molar-refractivity contribution in [3.63, 3.8) is 0 Å². The molecule has 0 saturated carbocycles. The van der Waals surface area contributed by atoms with E-state index < -0.39 is 45.4 Å². The normalized spacial score (nSPS) is 27.5. The lowest BCUT2D eigenvalue weighted by Gasteiger charge is -2.46. The number of aliphatic hydroxyl groups excluding tert-OH is 1. The maximum Gasteiger partial charge on any atom is 0.273 e. The van der Waals surface area contributed by atoms with Gasteiger partial charge in [0, 0.05) is 37.3 Å². The van der Waals surface area contributed by atoms with E-state index >= 15 is 0 Å². The maximum atomic E-state index is 14.1. The molecule has 1 N–H and O–H groups in total. The summed E-state index contributed by atoms with van der Waals surface area (Å²) < 4.78 is 47.8. The van der Waals surface area contributed by atoms with Gasteiger partial charge in [-0.2, -0.15) is 5.10 Å². The third-order valence-corrected chi connectivity index (χ3v) is 9.66. The molecule has 3 atom stereocenters. The first-order valence-corrected chi connectivity index (χ1v) is 14.8. The predicted molar refractivity (Wildman–Crippen MR) is 140 cm³/mol. The Balaban J connectivity index is 1.65. The largest absolute Gasteiger partial charge is 0.509 e. The van der Waals surface area contributed by atoms with E-state index in [0.717, 1.165) is 9.31 Å². The van der Waals surface area contributed by atoms with E-state index in [1.54, 1.807) is 9.80 Å². The van der Waals surface area contributed by atoms with Crippen LogP contribution in [0.15, 0.2) is 34.8 Å². The Bertz CT molecular complexity index is 1360. The monoisotopic (exact) mass is 563 g/mol. The van der Waals surface area contributed by atoms with E-state index in [2.05, 4.69) is 5.10 Å². The quantitative estimate of drug-likeness (QED) is 0.555. The number of hydrogen-bond donors (Lipinski definition) is 1. The number of likely N-dealkylation sites (N-methyl/N-ethyl adjacent to an activating group) is 1. The summed E-state index contributed by atoms with van der Waals surface area (Å²) >= 11 is 0. The summed E-state index contributed by atoms with van der Waals surface area (Å²) in [5, 5.41) is 17.0. The number of rotatable bonds is 1. The Kier molecular flexibility index (Phi) is 6.98. The summed E-state index contributed by atoms with van der Waals surface area (Å²) in [5.41, 5.74) is 0.474. The van der Waals surface area contributed by atoms with Gasteiger partial charge in [0.25, 0.3) is 11.8 Å². The first-order valence-electron chi connectivity index (χ1n) is 13.2. The second-order valence-electron chi connectivity index (χ2n) is 10.8. The van der Waals surface area contributed by atoms with Crippen molar-refractivity contribution in [1.82, 2.24) is 19.1 Å². The topological polar surface area (TPSA) is 123 Å². The van der Waals surface area contributed by atoms with E-state index in [1.807, 2.05) is 20.8 Å². The molecule has 2 bridgehead atoms. The van der Waals surface area contributed by atoms with Crippen LogP contribution < -0.4 is 4.74 Å². The fraction of sp³-hybridized carbons (Fsp3) is 0.577. The van der Waals surface area contributed by atoms with Crippen LogP contribution in [0.5, 0.6) is 5.75 Å². The number of aliphatic hydroxyl groups is 1. The molecule has 2 unspecified atom stereocenters. The predicted octanol–water partition coefficient (Wildman–Crippen LogP) is 2.01. The molecule has 39 heavy (non-hydrogen) atoms. The summed E-state index contributed by atoms with van der Waals surface area (Å²) in [6.45, 7) is 6.07. The highest BCUT2D eigenvalue weighted by atomic mass is 32.2. The highest BCUT2D eigenvalue weighted by Gasteiger charge is 2.58. The van der Waals surface area contributed by atoms with Gasteiger partial charge in [-0.15, -0.1) is 0 Å². The molecule has 2 amide bonds. The maximum absolute atomic E-state index is 14.1.